The van der Waals surface area contributed by atoms with Crippen molar-refractivity contribution in [2.24, 2.45) is 0 Å². The quantitative estimate of drug-likeness (QED) is 0.669. The normalized spacial score (nSPS) is 22.7. The fraction of sp³-hybridized carbons (Fsp3) is 0.500. The molecule has 5 heteroatoms. The number of nitrogens with zero attached hydrogens (tertiary/aromatic N) is 2. The van der Waals surface area contributed by atoms with Gasteiger partial charge in [-0.3, -0.25) is 4.98 Å². The zero-order valence-electron chi connectivity index (χ0n) is 9.27. The Labute approximate surface area is 90.0 Å². The largest absolute Gasteiger partial charge is 0.258 e. The standard InChI is InChI=1S/C10H14N2O2S/c1-7-5-6-11-9-8(7)15(13,14)12(4)10(9,2)3/h5-6H,1-4H3. The molecular formula is C10H14N2O2S. The Morgan fingerprint density at radius 1 is 1.40 bits per heavy atom. The van der Waals surface area contributed by atoms with Gasteiger partial charge in [-0.15, -0.1) is 0 Å². The van der Waals surface area contributed by atoms with Gasteiger partial charge in [-0.05, 0) is 32.4 Å². The summed E-state index contributed by atoms with van der Waals surface area (Å²) in [6.45, 7) is 5.53. The van der Waals surface area contributed by atoms with E-state index in [4.69, 9.17) is 0 Å². The number of aromatic nitrogens is 1. The highest BCUT2D eigenvalue weighted by Gasteiger charge is 2.47. The van der Waals surface area contributed by atoms with Crippen molar-refractivity contribution in [1.82, 2.24) is 9.29 Å². The van der Waals surface area contributed by atoms with Crippen molar-refractivity contribution in [3.63, 3.8) is 0 Å². The molecule has 1 aromatic heterocycles. The van der Waals surface area contributed by atoms with Crippen LogP contribution in [-0.4, -0.2) is 24.8 Å². The Morgan fingerprint density at radius 2 is 2.00 bits per heavy atom. The van der Waals surface area contributed by atoms with Gasteiger partial charge >= 0.3 is 0 Å². The molecular weight excluding hydrogens is 212 g/mol. The van der Waals surface area contributed by atoms with E-state index in [0.717, 1.165) is 5.56 Å². The average Bonchev–Trinajstić information content (AvgIpc) is 2.27. The van der Waals surface area contributed by atoms with Crippen LogP contribution >= 0.6 is 0 Å². The molecule has 0 aliphatic carbocycles. The molecule has 0 amide bonds. The number of aryl methyl sites for hydroxylation is 1. The van der Waals surface area contributed by atoms with Crippen LogP contribution in [0.25, 0.3) is 0 Å². The molecule has 4 nitrogen and oxygen atoms in total. The molecule has 1 aliphatic heterocycles. The zero-order valence-corrected chi connectivity index (χ0v) is 10.1. The van der Waals surface area contributed by atoms with Crippen molar-refractivity contribution in [3.8, 4) is 0 Å². The Hall–Kier alpha value is -0.940. The van der Waals surface area contributed by atoms with E-state index in [1.165, 1.54) is 4.31 Å². The molecule has 0 fully saturated rings. The number of fused-ring (bicyclic) bond motifs is 1. The number of hydrogen-bond acceptors (Lipinski definition) is 3. The van der Waals surface area contributed by atoms with Gasteiger partial charge in [-0.2, -0.15) is 4.31 Å². The lowest BCUT2D eigenvalue weighted by Crippen LogP contribution is -2.35. The van der Waals surface area contributed by atoms with E-state index in [-0.39, 0.29) is 0 Å². The van der Waals surface area contributed by atoms with E-state index in [0.29, 0.717) is 10.6 Å². The molecule has 2 rings (SSSR count). The summed E-state index contributed by atoms with van der Waals surface area (Å²) in [6, 6.07) is 1.73. The van der Waals surface area contributed by atoms with Crippen LogP contribution in [0.15, 0.2) is 17.2 Å². The van der Waals surface area contributed by atoms with Crippen LogP contribution in [0, 0.1) is 6.92 Å². The van der Waals surface area contributed by atoms with Crippen molar-refractivity contribution in [2.45, 2.75) is 31.2 Å². The number of hydrogen-bond donors (Lipinski definition) is 0. The van der Waals surface area contributed by atoms with Crippen molar-refractivity contribution in [1.29, 1.82) is 0 Å². The van der Waals surface area contributed by atoms with Crippen LogP contribution in [0.1, 0.15) is 25.1 Å². The van der Waals surface area contributed by atoms with Crippen molar-refractivity contribution in [3.05, 3.63) is 23.5 Å². The molecule has 0 saturated heterocycles. The number of sulfonamides is 1. The van der Waals surface area contributed by atoms with Gasteiger partial charge in [0.25, 0.3) is 0 Å². The van der Waals surface area contributed by atoms with E-state index < -0.39 is 15.6 Å². The minimum Gasteiger partial charge on any atom is -0.258 e. The van der Waals surface area contributed by atoms with Gasteiger partial charge in [0.05, 0.1) is 11.2 Å². The summed E-state index contributed by atoms with van der Waals surface area (Å²) in [4.78, 5) is 4.57. The van der Waals surface area contributed by atoms with Gasteiger partial charge in [0.15, 0.2) is 0 Å². The Kier molecular flexibility index (Phi) is 1.97. The highest BCUT2D eigenvalue weighted by atomic mass is 32.2. The molecule has 0 aromatic carbocycles. The topological polar surface area (TPSA) is 50.3 Å². The maximum Gasteiger partial charge on any atom is 0.245 e. The second kappa shape index (κ2) is 2.80. The monoisotopic (exact) mass is 226 g/mol. The van der Waals surface area contributed by atoms with Crippen molar-refractivity contribution >= 4 is 10.0 Å². The minimum atomic E-state index is -3.35. The third kappa shape index (κ3) is 1.16. The summed E-state index contributed by atoms with van der Waals surface area (Å²) in [5.74, 6) is 0. The van der Waals surface area contributed by atoms with Crippen LogP contribution in [0.5, 0.6) is 0 Å². The van der Waals surface area contributed by atoms with E-state index in [9.17, 15) is 8.42 Å². The van der Waals surface area contributed by atoms with E-state index in [1.807, 2.05) is 13.8 Å². The Morgan fingerprint density at radius 3 is 2.53 bits per heavy atom. The molecule has 0 unspecified atom stereocenters. The molecule has 0 atom stereocenters. The van der Waals surface area contributed by atoms with Gasteiger partial charge in [-0.1, -0.05) is 0 Å². The summed E-state index contributed by atoms with van der Waals surface area (Å²) in [6.07, 6.45) is 1.66. The van der Waals surface area contributed by atoms with Crippen LogP contribution in [-0.2, 0) is 15.6 Å². The lowest BCUT2D eigenvalue weighted by Gasteiger charge is -2.25. The summed E-state index contributed by atoms with van der Waals surface area (Å²) in [5, 5.41) is 0. The number of pyridine rings is 1. The minimum absolute atomic E-state index is 0.373. The molecule has 82 valence electrons. The third-order valence-corrected chi connectivity index (χ3v) is 5.30. The van der Waals surface area contributed by atoms with E-state index >= 15 is 0 Å². The number of rotatable bonds is 0. The molecule has 2 heterocycles. The molecule has 0 bridgehead atoms. The Bertz CT molecular complexity index is 520. The van der Waals surface area contributed by atoms with Crippen molar-refractivity contribution < 1.29 is 8.42 Å². The predicted octanol–water partition coefficient (Wildman–Crippen LogP) is 1.26. The first-order valence-electron chi connectivity index (χ1n) is 4.74. The van der Waals surface area contributed by atoms with E-state index in [1.54, 1.807) is 26.2 Å². The second-order valence-electron chi connectivity index (χ2n) is 4.34. The van der Waals surface area contributed by atoms with Gasteiger partial charge in [0.2, 0.25) is 10.0 Å². The molecule has 0 radical (unpaired) electrons. The average molecular weight is 226 g/mol. The predicted molar refractivity (Wildman–Crippen MR) is 56.9 cm³/mol. The zero-order chi connectivity index (χ0) is 11.4. The molecule has 0 N–H and O–H groups in total. The molecule has 1 aliphatic rings. The summed E-state index contributed by atoms with van der Waals surface area (Å²) >= 11 is 0. The van der Waals surface area contributed by atoms with Gasteiger partial charge in [0, 0.05) is 13.2 Å². The highest BCUT2D eigenvalue weighted by molar-refractivity contribution is 7.89. The Balaban J connectivity index is 2.89. The highest BCUT2D eigenvalue weighted by Crippen LogP contribution is 2.42. The SMILES string of the molecule is Cc1ccnc2c1S(=O)(=O)N(C)C2(C)C. The third-order valence-electron chi connectivity index (χ3n) is 3.09. The maximum atomic E-state index is 12.1. The first-order valence-corrected chi connectivity index (χ1v) is 6.18. The van der Waals surface area contributed by atoms with Gasteiger partial charge in [-0.25, -0.2) is 8.42 Å². The second-order valence-corrected chi connectivity index (χ2v) is 6.24. The van der Waals surface area contributed by atoms with E-state index in [2.05, 4.69) is 4.98 Å². The maximum absolute atomic E-state index is 12.1. The first kappa shape index (κ1) is 10.6. The lowest BCUT2D eigenvalue weighted by atomic mass is 9.99. The van der Waals surface area contributed by atoms with Crippen LogP contribution in [0.2, 0.25) is 0 Å². The van der Waals surface area contributed by atoms with Gasteiger partial charge in [0.1, 0.15) is 4.90 Å². The lowest BCUT2D eigenvalue weighted by molar-refractivity contribution is 0.280. The van der Waals surface area contributed by atoms with Crippen LogP contribution in [0.3, 0.4) is 0 Å². The summed E-state index contributed by atoms with van der Waals surface area (Å²) in [7, 11) is -1.76. The summed E-state index contributed by atoms with van der Waals surface area (Å²) < 4.78 is 25.6. The summed E-state index contributed by atoms with van der Waals surface area (Å²) in [5.41, 5.74) is 0.850. The first-order chi connectivity index (χ1) is 6.79. The fourth-order valence-electron chi connectivity index (χ4n) is 1.89. The smallest absolute Gasteiger partial charge is 0.245 e. The molecule has 1 aromatic rings. The van der Waals surface area contributed by atoms with Crippen LogP contribution < -0.4 is 0 Å². The fourth-order valence-corrected chi connectivity index (χ4v) is 3.88. The molecule has 0 saturated carbocycles. The molecule has 0 spiro atoms. The van der Waals surface area contributed by atoms with Crippen LogP contribution in [0.4, 0.5) is 0 Å². The van der Waals surface area contributed by atoms with Crippen molar-refractivity contribution in [2.75, 3.05) is 7.05 Å². The van der Waals surface area contributed by atoms with Gasteiger partial charge < -0.3 is 0 Å². The molecule has 15 heavy (non-hydrogen) atoms.